The molecular formula is C17H26N2O2S. The lowest BCUT2D eigenvalue weighted by Crippen LogP contribution is -2.34. The first-order chi connectivity index (χ1) is 10.7. The van der Waals surface area contributed by atoms with Gasteiger partial charge in [-0.15, -0.1) is 0 Å². The Balaban J connectivity index is 1.75. The molecule has 1 aliphatic heterocycles. The maximum atomic E-state index is 12.7. The van der Waals surface area contributed by atoms with Crippen molar-refractivity contribution in [2.24, 2.45) is 0 Å². The van der Waals surface area contributed by atoms with E-state index in [0.717, 1.165) is 19.5 Å². The van der Waals surface area contributed by atoms with E-state index in [1.54, 1.807) is 16.4 Å². The van der Waals surface area contributed by atoms with E-state index in [1.807, 2.05) is 12.1 Å². The van der Waals surface area contributed by atoms with Crippen LogP contribution in [0.1, 0.15) is 50.0 Å². The molecule has 1 saturated heterocycles. The van der Waals surface area contributed by atoms with Gasteiger partial charge in [0, 0.05) is 19.6 Å². The van der Waals surface area contributed by atoms with Crippen molar-refractivity contribution in [1.82, 2.24) is 9.62 Å². The molecule has 2 aliphatic rings. The average Bonchev–Trinajstić information content (AvgIpc) is 2.86. The van der Waals surface area contributed by atoms with Gasteiger partial charge < -0.3 is 5.32 Å². The standard InChI is InChI=1S/C17H26N2O2S/c20-22(21,19-13-4-11-18-12-14-19)17-9-7-16(8-10-17)15-5-2-1-3-6-15/h7-10,15,18H,1-6,11-14H2. The lowest BCUT2D eigenvalue weighted by atomic mass is 9.84. The Labute approximate surface area is 134 Å². The molecule has 0 spiro atoms. The van der Waals surface area contributed by atoms with Crippen LogP contribution in [0.4, 0.5) is 0 Å². The van der Waals surface area contributed by atoms with Crippen molar-refractivity contribution in [3.63, 3.8) is 0 Å². The summed E-state index contributed by atoms with van der Waals surface area (Å²) in [6.07, 6.45) is 7.29. The highest BCUT2D eigenvalue weighted by molar-refractivity contribution is 7.89. The summed E-state index contributed by atoms with van der Waals surface area (Å²) in [6.45, 7) is 2.80. The van der Waals surface area contributed by atoms with Crippen LogP contribution >= 0.6 is 0 Å². The maximum Gasteiger partial charge on any atom is 0.243 e. The van der Waals surface area contributed by atoms with Crippen LogP contribution in [0.5, 0.6) is 0 Å². The van der Waals surface area contributed by atoms with Crippen molar-refractivity contribution in [3.8, 4) is 0 Å². The van der Waals surface area contributed by atoms with E-state index in [2.05, 4.69) is 5.32 Å². The topological polar surface area (TPSA) is 49.4 Å². The minimum absolute atomic E-state index is 0.439. The summed E-state index contributed by atoms with van der Waals surface area (Å²) in [4.78, 5) is 0.439. The largest absolute Gasteiger partial charge is 0.315 e. The summed E-state index contributed by atoms with van der Waals surface area (Å²) in [5, 5.41) is 3.25. The second-order valence-corrected chi connectivity index (χ2v) is 8.35. The SMILES string of the molecule is O=S(=O)(c1ccc(C2CCCCC2)cc1)N1CCCNCC1. The van der Waals surface area contributed by atoms with E-state index >= 15 is 0 Å². The quantitative estimate of drug-likeness (QED) is 0.931. The van der Waals surface area contributed by atoms with Crippen LogP contribution < -0.4 is 5.32 Å². The monoisotopic (exact) mass is 322 g/mol. The molecule has 0 bridgehead atoms. The molecule has 1 aliphatic carbocycles. The average molecular weight is 322 g/mol. The van der Waals surface area contributed by atoms with Crippen LogP contribution in [0.15, 0.2) is 29.2 Å². The highest BCUT2D eigenvalue weighted by Gasteiger charge is 2.25. The van der Waals surface area contributed by atoms with E-state index in [-0.39, 0.29) is 0 Å². The molecule has 1 aromatic carbocycles. The lowest BCUT2D eigenvalue weighted by molar-refractivity contribution is 0.431. The number of hydrogen-bond acceptors (Lipinski definition) is 3. The fourth-order valence-electron chi connectivity index (χ4n) is 3.56. The Kier molecular flexibility index (Phi) is 5.16. The molecule has 1 N–H and O–H groups in total. The third-order valence-corrected chi connectivity index (χ3v) is 6.81. The Hall–Kier alpha value is -0.910. The predicted molar refractivity (Wildman–Crippen MR) is 88.5 cm³/mol. The molecule has 22 heavy (non-hydrogen) atoms. The van der Waals surface area contributed by atoms with Crippen molar-refractivity contribution in [1.29, 1.82) is 0 Å². The van der Waals surface area contributed by atoms with Gasteiger partial charge in [-0.25, -0.2) is 8.42 Å². The molecule has 3 rings (SSSR count). The Bertz CT molecular complexity index is 569. The summed E-state index contributed by atoms with van der Waals surface area (Å²) >= 11 is 0. The van der Waals surface area contributed by atoms with Crippen LogP contribution in [-0.4, -0.2) is 38.9 Å². The van der Waals surface area contributed by atoms with Crippen molar-refractivity contribution < 1.29 is 8.42 Å². The molecule has 1 saturated carbocycles. The third-order valence-electron chi connectivity index (χ3n) is 4.89. The summed E-state index contributed by atoms with van der Waals surface area (Å²) in [6, 6.07) is 7.66. The Morgan fingerprint density at radius 2 is 1.64 bits per heavy atom. The molecule has 122 valence electrons. The lowest BCUT2D eigenvalue weighted by Gasteiger charge is -2.23. The van der Waals surface area contributed by atoms with E-state index in [4.69, 9.17) is 0 Å². The summed E-state index contributed by atoms with van der Waals surface area (Å²) < 4.78 is 27.1. The minimum Gasteiger partial charge on any atom is -0.315 e. The van der Waals surface area contributed by atoms with Gasteiger partial charge >= 0.3 is 0 Å². The zero-order valence-corrected chi connectivity index (χ0v) is 13.9. The number of hydrogen-bond donors (Lipinski definition) is 1. The van der Waals surface area contributed by atoms with Crippen LogP contribution in [-0.2, 0) is 10.0 Å². The second-order valence-electron chi connectivity index (χ2n) is 6.41. The fourth-order valence-corrected chi connectivity index (χ4v) is 5.04. The van der Waals surface area contributed by atoms with Crippen molar-refractivity contribution in [2.45, 2.75) is 49.3 Å². The minimum atomic E-state index is -3.34. The van der Waals surface area contributed by atoms with Gasteiger partial charge in [0.15, 0.2) is 0 Å². The van der Waals surface area contributed by atoms with Crippen LogP contribution in [0.3, 0.4) is 0 Å². The van der Waals surface area contributed by atoms with Gasteiger partial charge in [-0.1, -0.05) is 31.4 Å². The molecule has 4 nitrogen and oxygen atoms in total. The molecule has 1 heterocycles. The summed E-state index contributed by atoms with van der Waals surface area (Å²) in [7, 11) is -3.34. The van der Waals surface area contributed by atoms with Gasteiger partial charge in [0.25, 0.3) is 0 Å². The number of nitrogens with one attached hydrogen (secondary N) is 1. The highest BCUT2D eigenvalue weighted by Crippen LogP contribution is 2.33. The first-order valence-electron chi connectivity index (χ1n) is 8.49. The molecule has 0 unspecified atom stereocenters. The van der Waals surface area contributed by atoms with Gasteiger partial charge in [0.2, 0.25) is 10.0 Å². The van der Waals surface area contributed by atoms with Crippen molar-refractivity contribution in [2.75, 3.05) is 26.2 Å². The normalized spacial score (nSPS) is 22.4. The van der Waals surface area contributed by atoms with Gasteiger partial charge in [0.1, 0.15) is 0 Å². The fraction of sp³-hybridized carbons (Fsp3) is 0.647. The van der Waals surface area contributed by atoms with Crippen LogP contribution in [0.25, 0.3) is 0 Å². The van der Waals surface area contributed by atoms with E-state index in [9.17, 15) is 8.42 Å². The van der Waals surface area contributed by atoms with Gasteiger partial charge in [-0.2, -0.15) is 4.31 Å². The first kappa shape index (κ1) is 16.0. The number of rotatable bonds is 3. The molecule has 0 amide bonds. The smallest absolute Gasteiger partial charge is 0.243 e. The van der Waals surface area contributed by atoms with Gasteiger partial charge in [-0.05, 0) is 49.4 Å². The number of benzene rings is 1. The van der Waals surface area contributed by atoms with Crippen molar-refractivity contribution >= 4 is 10.0 Å². The number of sulfonamides is 1. The van der Waals surface area contributed by atoms with Crippen LogP contribution in [0, 0.1) is 0 Å². The summed E-state index contributed by atoms with van der Waals surface area (Å²) in [5.74, 6) is 0.618. The predicted octanol–water partition coefficient (Wildman–Crippen LogP) is 2.72. The van der Waals surface area contributed by atoms with Crippen molar-refractivity contribution in [3.05, 3.63) is 29.8 Å². The van der Waals surface area contributed by atoms with Gasteiger partial charge in [0.05, 0.1) is 4.90 Å². The molecule has 0 radical (unpaired) electrons. The number of nitrogens with zero attached hydrogens (tertiary/aromatic N) is 1. The molecule has 2 fully saturated rings. The zero-order valence-electron chi connectivity index (χ0n) is 13.1. The van der Waals surface area contributed by atoms with Crippen LogP contribution in [0.2, 0.25) is 0 Å². The van der Waals surface area contributed by atoms with E-state index in [1.165, 1.54) is 37.7 Å². The van der Waals surface area contributed by atoms with E-state index < -0.39 is 10.0 Å². The molecular weight excluding hydrogens is 296 g/mol. The third kappa shape index (κ3) is 3.53. The van der Waals surface area contributed by atoms with E-state index in [0.29, 0.717) is 23.9 Å². The second kappa shape index (κ2) is 7.11. The Morgan fingerprint density at radius 1 is 0.909 bits per heavy atom. The maximum absolute atomic E-state index is 12.7. The Morgan fingerprint density at radius 3 is 2.36 bits per heavy atom. The molecule has 0 atom stereocenters. The molecule has 5 heteroatoms. The highest BCUT2D eigenvalue weighted by atomic mass is 32.2. The first-order valence-corrected chi connectivity index (χ1v) is 9.93. The molecule has 0 aromatic heterocycles. The van der Waals surface area contributed by atoms with Gasteiger partial charge in [-0.3, -0.25) is 0 Å². The molecule has 1 aromatic rings. The zero-order chi connectivity index (χ0) is 15.4. The summed E-state index contributed by atoms with van der Waals surface area (Å²) in [5.41, 5.74) is 1.30.